The topological polar surface area (TPSA) is 83.8 Å². The van der Waals surface area contributed by atoms with Crippen molar-refractivity contribution in [2.75, 3.05) is 12.9 Å². The van der Waals surface area contributed by atoms with Gasteiger partial charge in [0.25, 0.3) is 0 Å². The minimum absolute atomic E-state index is 0.0350. The van der Waals surface area contributed by atoms with E-state index in [4.69, 9.17) is 4.74 Å². The van der Waals surface area contributed by atoms with Gasteiger partial charge in [0.2, 0.25) is 0 Å². The van der Waals surface area contributed by atoms with Crippen LogP contribution in [0.25, 0.3) is 0 Å². The molecule has 0 aliphatic rings. The van der Waals surface area contributed by atoms with Gasteiger partial charge in [0.1, 0.15) is 18.1 Å². The first-order chi connectivity index (χ1) is 9.49. The number of carbonyl (C=O) groups excluding carboxylic acids is 2. The van der Waals surface area contributed by atoms with Gasteiger partial charge in [-0.05, 0) is 24.6 Å². The molecule has 5 nitrogen and oxygen atoms in total. The predicted molar refractivity (Wildman–Crippen MR) is 77.1 cm³/mol. The fraction of sp³-hybridized carbons (Fsp3) is 0.429. The molecule has 0 fully saturated rings. The smallest absolute Gasteiger partial charge is 0.185 e. The number of aldehydes is 1. The van der Waals surface area contributed by atoms with Gasteiger partial charge in [-0.2, -0.15) is 0 Å². The molecular weight excluding hydrogens is 280 g/mol. The molecule has 0 spiro atoms. The number of rotatable bonds is 7. The summed E-state index contributed by atoms with van der Waals surface area (Å²) in [5.41, 5.74) is 0.752. The quantitative estimate of drug-likeness (QED) is 0.743. The van der Waals surface area contributed by atoms with Gasteiger partial charge in [0.15, 0.2) is 5.12 Å². The summed E-state index contributed by atoms with van der Waals surface area (Å²) in [6, 6.07) is 4.62. The summed E-state index contributed by atoms with van der Waals surface area (Å²) in [7, 11) is 1.45. The number of thioether (sulfide) groups is 1. The summed E-state index contributed by atoms with van der Waals surface area (Å²) in [6.45, 7) is 1.45. The van der Waals surface area contributed by atoms with Crippen LogP contribution in [0.2, 0.25) is 0 Å². The van der Waals surface area contributed by atoms with Crippen LogP contribution in [-0.4, -0.2) is 40.6 Å². The highest BCUT2D eigenvalue weighted by Crippen LogP contribution is 2.29. The Labute approximate surface area is 121 Å². The van der Waals surface area contributed by atoms with E-state index in [-0.39, 0.29) is 11.5 Å². The first kappa shape index (κ1) is 16.7. The van der Waals surface area contributed by atoms with E-state index in [0.717, 1.165) is 11.8 Å². The lowest BCUT2D eigenvalue weighted by molar-refractivity contribution is -0.109. The molecule has 1 rings (SSSR count). The van der Waals surface area contributed by atoms with Crippen molar-refractivity contribution in [3.63, 3.8) is 0 Å². The van der Waals surface area contributed by atoms with E-state index in [1.165, 1.54) is 20.1 Å². The second-order valence-electron chi connectivity index (χ2n) is 4.26. The summed E-state index contributed by atoms with van der Waals surface area (Å²) in [5, 5.41) is 20.1. The van der Waals surface area contributed by atoms with Crippen molar-refractivity contribution in [3.05, 3.63) is 29.3 Å². The summed E-state index contributed by atoms with van der Waals surface area (Å²) < 4.78 is 5.11. The van der Waals surface area contributed by atoms with Gasteiger partial charge in [0.05, 0.1) is 13.2 Å². The maximum absolute atomic E-state index is 10.8. The van der Waals surface area contributed by atoms with E-state index in [1.54, 1.807) is 12.1 Å². The highest BCUT2D eigenvalue weighted by molar-refractivity contribution is 8.13. The molecule has 20 heavy (non-hydrogen) atoms. The number of aliphatic hydroxyl groups excluding tert-OH is 2. The van der Waals surface area contributed by atoms with Gasteiger partial charge in [-0.15, -0.1) is 0 Å². The zero-order valence-electron chi connectivity index (χ0n) is 11.4. The molecule has 0 aliphatic heterocycles. The average molecular weight is 298 g/mol. The molecule has 2 unspecified atom stereocenters. The maximum Gasteiger partial charge on any atom is 0.185 e. The maximum atomic E-state index is 10.8. The number of aliphatic hydroxyl groups is 2. The first-order valence-electron chi connectivity index (χ1n) is 6.12. The van der Waals surface area contributed by atoms with Crippen molar-refractivity contribution in [2.24, 2.45) is 0 Å². The van der Waals surface area contributed by atoms with Crippen LogP contribution >= 0.6 is 11.8 Å². The fourth-order valence-corrected chi connectivity index (χ4v) is 2.39. The number of carbonyl (C=O) groups is 2. The minimum Gasteiger partial charge on any atom is -0.496 e. The Bertz CT molecular complexity index is 475. The van der Waals surface area contributed by atoms with Gasteiger partial charge in [-0.3, -0.25) is 9.59 Å². The molecule has 6 heteroatoms. The molecule has 0 radical (unpaired) electrons. The second-order valence-corrected chi connectivity index (χ2v) is 5.53. The van der Waals surface area contributed by atoms with Gasteiger partial charge in [-0.25, -0.2) is 0 Å². The van der Waals surface area contributed by atoms with Gasteiger partial charge < -0.3 is 14.9 Å². The lowest BCUT2D eigenvalue weighted by atomic mass is 9.99. The summed E-state index contributed by atoms with van der Waals surface area (Å²) in [4.78, 5) is 21.6. The Kier molecular flexibility index (Phi) is 6.70. The Morgan fingerprint density at radius 1 is 1.45 bits per heavy atom. The fourth-order valence-electron chi connectivity index (χ4n) is 1.75. The van der Waals surface area contributed by atoms with E-state index in [2.05, 4.69) is 0 Å². The molecule has 0 saturated heterocycles. The standard InChI is InChI=1S/C14H18O5S/c1-9(16)20-6-5-12(17)14(18)11-7-10(8-15)3-4-13(11)19-2/h3-4,7-8,12,14,17-18H,5-6H2,1-2H3. The van der Waals surface area contributed by atoms with E-state index < -0.39 is 12.2 Å². The Morgan fingerprint density at radius 3 is 2.70 bits per heavy atom. The highest BCUT2D eigenvalue weighted by atomic mass is 32.2. The largest absolute Gasteiger partial charge is 0.496 e. The molecule has 2 atom stereocenters. The van der Waals surface area contributed by atoms with Crippen molar-refractivity contribution in [1.29, 1.82) is 0 Å². The third-order valence-electron chi connectivity index (χ3n) is 2.79. The van der Waals surface area contributed by atoms with E-state index >= 15 is 0 Å². The van der Waals surface area contributed by atoms with Gasteiger partial charge in [0, 0.05) is 23.8 Å². The first-order valence-corrected chi connectivity index (χ1v) is 7.10. The molecule has 0 saturated carbocycles. The van der Waals surface area contributed by atoms with Gasteiger partial charge >= 0.3 is 0 Å². The van der Waals surface area contributed by atoms with Crippen LogP contribution in [0.3, 0.4) is 0 Å². The van der Waals surface area contributed by atoms with Crippen LogP contribution in [0, 0.1) is 0 Å². The van der Waals surface area contributed by atoms with Crippen LogP contribution in [0.15, 0.2) is 18.2 Å². The number of methoxy groups -OCH3 is 1. The highest BCUT2D eigenvalue weighted by Gasteiger charge is 2.22. The molecule has 1 aromatic carbocycles. The summed E-state index contributed by atoms with van der Waals surface area (Å²) in [6.07, 6.45) is -1.27. The second kappa shape index (κ2) is 8.04. The van der Waals surface area contributed by atoms with Crippen LogP contribution in [0.5, 0.6) is 5.75 Å². The van der Waals surface area contributed by atoms with Crippen molar-refractivity contribution in [1.82, 2.24) is 0 Å². The molecule has 0 bridgehead atoms. The van der Waals surface area contributed by atoms with Gasteiger partial charge in [-0.1, -0.05) is 11.8 Å². The molecule has 0 amide bonds. The molecule has 0 aliphatic carbocycles. The number of hydrogen-bond acceptors (Lipinski definition) is 6. The molecular formula is C14H18O5S. The molecule has 0 aromatic heterocycles. The Morgan fingerprint density at radius 2 is 2.15 bits per heavy atom. The van der Waals surface area contributed by atoms with Crippen molar-refractivity contribution in [3.8, 4) is 5.75 Å². The molecule has 110 valence electrons. The monoisotopic (exact) mass is 298 g/mol. The van der Waals surface area contributed by atoms with Crippen molar-refractivity contribution in [2.45, 2.75) is 25.6 Å². The van der Waals surface area contributed by atoms with Crippen molar-refractivity contribution < 1.29 is 24.5 Å². The van der Waals surface area contributed by atoms with Crippen LogP contribution < -0.4 is 4.74 Å². The number of benzene rings is 1. The third-order valence-corrected chi connectivity index (χ3v) is 3.64. The minimum atomic E-state index is -1.17. The summed E-state index contributed by atoms with van der Waals surface area (Å²) in [5.74, 6) is 0.824. The van der Waals surface area contributed by atoms with Crippen molar-refractivity contribution >= 4 is 23.2 Å². The molecule has 0 heterocycles. The van der Waals surface area contributed by atoms with E-state index in [0.29, 0.717) is 28.9 Å². The van der Waals surface area contributed by atoms with E-state index in [9.17, 15) is 19.8 Å². The number of ether oxygens (including phenoxy) is 1. The zero-order valence-corrected chi connectivity index (χ0v) is 12.2. The normalized spacial score (nSPS) is 13.6. The van der Waals surface area contributed by atoms with E-state index in [1.807, 2.05) is 0 Å². The number of hydrogen-bond donors (Lipinski definition) is 2. The van der Waals surface area contributed by atoms with Crippen LogP contribution in [0.1, 0.15) is 35.4 Å². The lowest BCUT2D eigenvalue weighted by Gasteiger charge is -2.20. The zero-order chi connectivity index (χ0) is 15.1. The summed E-state index contributed by atoms with van der Waals surface area (Å²) >= 11 is 1.09. The average Bonchev–Trinajstić information content (AvgIpc) is 2.45. The Balaban J connectivity index is 2.81. The SMILES string of the molecule is COc1ccc(C=O)cc1C(O)C(O)CCSC(C)=O. The molecule has 2 N–H and O–H groups in total. The third kappa shape index (κ3) is 4.63. The Hall–Kier alpha value is -1.37. The molecule has 1 aromatic rings. The van der Waals surface area contributed by atoms with Crippen LogP contribution in [-0.2, 0) is 4.79 Å². The lowest BCUT2D eigenvalue weighted by Crippen LogP contribution is -2.20. The predicted octanol–water partition coefficient (Wildman–Crippen LogP) is 1.57. The van der Waals surface area contributed by atoms with Crippen LogP contribution in [0.4, 0.5) is 0 Å².